The first-order valence-corrected chi connectivity index (χ1v) is 8.29. The van der Waals surface area contributed by atoms with Gasteiger partial charge < -0.3 is 10.0 Å². The van der Waals surface area contributed by atoms with Crippen LogP contribution in [0.3, 0.4) is 0 Å². The molecule has 0 unspecified atom stereocenters. The minimum Gasteiger partial charge on any atom is -0.506 e. The van der Waals surface area contributed by atoms with Crippen LogP contribution < -0.4 is 0 Å². The van der Waals surface area contributed by atoms with Gasteiger partial charge in [-0.2, -0.15) is 0 Å². The van der Waals surface area contributed by atoms with Crippen LogP contribution in [0, 0.1) is 0 Å². The first kappa shape index (κ1) is 15.8. The molecule has 2 rings (SSSR count). The lowest BCUT2D eigenvalue weighted by Crippen LogP contribution is -2.27. The third kappa shape index (κ3) is 3.76. The average Bonchev–Trinajstić information content (AvgIpc) is 2.51. The molecule has 0 fully saturated rings. The molecule has 3 nitrogen and oxygen atoms in total. The first-order valence-electron chi connectivity index (χ1n) is 7.17. The molecular formula is C17H20BrNO2. The Labute approximate surface area is 133 Å². The molecule has 0 bridgehead atoms. The van der Waals surface area contributed by atoms with Gasteiger partial charge in [-0.15, -0.1) is 0 Å². The second kappa shape index (κ2) is 7.46. The van der Waals surface area contributed by atoms with Crippen LogP contribution in [-0.4, -0.2) is 34.8 Å². The van der Waals surface area contributed by atoms with E-state index in [4.69, 9.17) is 0 Å². The zero-order valence-corrected chi connectivity index (χ0v) is 13.8. The Balaban J connectivity index is 2.13. The molecule has 0 aliphatic rings. The van der Waals surface area contributed by atoms with Crippen molar-refractivity contribution in [1.29, 1.82) is 0 Å². The van der Waals surface area contributed by atoms with Crippen molar-refractivity contribution >= 4 is 32.6 Å². The number of hydrogen-bond acceptors (Lipinski definition) is 2. The molecule has 2 aromatic rings. The quantitative estimate of drug-likeness (QED) is 0.627. The Morgan fingerprint density at radius 3 is 2.67 bits per heavy atom. The number of phenolic OH excluding ortho intramolecular Hbond substituents is 1. The predicted molar refractivity (Wildman–Crippen MR) is 90.2 cm³/mol. The summed E-state index contributed by atoms with van der Waals surface area (Å²) in [6.45, 7) is 0.706. The van der Waals surface area contributed by atoms with E-state index in [9.17, 15) is 9.90 Å². The van der Waals surface area contributed by atoms with E-state index >= 15 is 0 Å². The fourth-order valence-corrected chi connectivity index (χ4v) is 2.75. The highest BCUT2D eigenvalue weighted by Gasteiger charge is 2.17. The lowest BCUT2D eigenvalue weighted by molar-refractivity contribution is 0.0790. The molecule has 0 aromatic heterocycles. The number of alkyl halides is 1. The van der Waals surface area contributed by atoms with E-state index in [-0.39, 0.29) is 11.7 Å². The van der Waals surface area contributed by atoms with E-state index in [0.717, 1.165) is 35.4 Å². The summed E-state index contributed by atoms with van der Waals surface area (Å²) in [6.07, 6.45) is 3.18. The molecule has 21 heavy (non-hydrogen) atoms. The smallest absolute Gasteiger partial charge is 0.257 e. The molecule has 4 heteroatoms. The highest BCUT2D eigenvalue weighted by atomic mass is 79.9. The van der Waals surface area contributed by atoms with Crippen LogP contribution in [0.25, 0.3) is 10.8 Å². The zero-order valence-electron chi connectivity index (χ0n) is 12.2. The Morgan fingerprint density at radius 2 is 1.90 bits per heavy atom. The van der Waals surface area contributed by atoms with Gasteiger partial charge >= 0.3 is 0 Å². The summed E-state index contributed by atoms with van der Waals surface area (Å²) in [6, 6.07) is 11.1. The number of carbonyl (C=O) groups excluding carboxylic acids is 1. The monoisotopic (exact) mass is 349 g/mol. The summed E-state index contributed by atoms with van der Waals surface area (Å²) < 4.78 is 0. The molecule has 0 radical (unpaired) electrons. The molecule has 0 saturated carbocycles. The number of phenols is 1. The normalized spacial score (nSPS) is 10.8. The molecule has 0 aliphatic heterocycles. The summed E-state index contributed by atoms with van der Waals surface area (Å²) >= 11 is 3.40. The molecular weight excluding hydrogens is 330 g/mol. The zero-order chi connectivity index (χ0) is 15.2. The number of hydrogen-bond donors (Lipinski definition) is 1. The van der Waals surface area contributed by atoms with Gasteiger partial charge in [-0.3, -0.25) is 4.79 Å². The van der Waals surface area contributed by atoms with Crippen LogP contribution in [0.1, 0.15) is 29.6 Å². The van der Waals surface area contributed by atoms with Gasteiger partial charge in [0.2, 0.25) is 0 Å². The number of unbranched alkanes of at least 4 members (excludes halogenated alkanes) is 2. The number of aromatic hydroxyl groups is 1. The molecule has 0 heterocycles. The Kier molecular flexibility index (Phi) is 5.62. The fraction of sp³-hybridized carbons (Fsp3) is 0.353. The Morgan fingerprint density at radius 1 is 1.14 bits per heavy atom. The summed E-state index contributed by atoms with van der Waals surface area (Å²) in [7, 11) is 1.78. The van der Waals surface area contributed by atoms with E-state index in [0.29, 0.717) is 12.1 Å². The van der Waals surface area contributed by atoms with Crippen molar-refractivity contribution in [3.05, 3.63) is 42.0 Å². The predicted octanol–water partition coefficient (Wildman–Crippen LogP) is 4.18. The Hall–Kier alpha value is -1.55. The number of fused-ring (bicyclic) bond motifs is 1. The standard InChI is InChI=1S/C17H20BrNO2/c1-19(12-6-2-5-11-18)17(21)15-10-9-13-7-3-4-8-14(13)16(15)20/h3-4,7-10,20H,2,5-6,11-12H2,1H3. The highest BCUT2D eigenvalue weighted by molar-refractivity contribution is 9.09. The van der Waals surface area contributed by atoms with Gasteiger partial charge in [-0.05, 0) is 24.3 Å². The molecule has 1 amide bonds. The van der Waals surface area contributed by atoms with Crippen LogP contribution in [0.15, 0.2) is 36.4 Å². The Bertz CT molecular complexity index is 627. The first-order chi connectivity index (χ1) is 10.1. The van der Waals surface area contributed by atoms with E-state index in [1.807, 2.05) is 30.3 Å². The molecule has 0 saturated heterocycles. The highest BCUT2D eigenvalue weighted by Crippen LogP contribution is 2.29. The minimum absolute atomic E-state index is 0.0745. The molecule has 0 atom stereocenters. The van der Waals surface area contributed by atoms with Crippen LogP contribution >= 0.6 is 15.9 Å². The SMILES string of the molecule is CN(CCCCCBr)C(=O)c1ccc2ccccc2c1O. The summed E-state index contributed by atoms with van der Waals surface area (Å²) in [5.41, 5.74) is 0.372. The largest absolute Gasteiger partial charge is 0.506 e. The fourth-order valence-electron chi connectivity index (χ4n) is 2.36. The van der Waals surface area contributed by atoms with Crippen molar-refractivity contribution in [2.45, 2.75) is 19.3 Å². The van der Waals surface area contributed by atoms with E-state index in [1.54, 1.807) is 18.0 Å². The number of amides is 1. The van der Waals surface area contributed by atoms with Gasteiger partial charge in [0.05, 0.1) is 5.56 Å². The van der Waals surface area contributed by atoms with Gasteiger partial charge in [0.1, 0.15) is 5.75 Å². The van der Waals surface area contributed by atoms with Gasteiger partial charge in [0.25, 0.3) is 5.91 Å². The van der Waals surface area contributed by atoms with Gasteiger partial charge in [-0.1, -0.05) is 52.7 Å². The van der Waals surface area contributed by atoms with Crippen LogP contribution in [0.4, 0.5) is 0 Å². The number of halogens is 1. The van der Waals surface area contributed by atoms with Crippen molar-refractivity contribution < 1.29 is 9.90 Å². The van der Waals surface area contributed by atoms with Crippen LogP contribution in [0.2, 0.25) is 0 Å². The molecule has 2 aromatic carbocycles. The molecule has 0 spiro atoms. The number of benzene rings is 2. The van der Waals surface area contributed by atoms with Gasteiger partial charge in [0.15, 0.2) is 0 Å². The maximum atomic E-state index is 12.4. The van der Waals surface area contributed by atoms with E-state index in [2.05, 4.69) is 15.9 Å². The maximum absolute atomic E-state index is 12.4. The number of rotatable bonds is 6. The minimum atomic E-state index is -0.128. The van der Waals surface area contributed by atoms with Crippen LogP contribution in [0.5, 0.6) is 5.75 Å². The molecule has 112 valence electrons. The maximum Gasteiger partial charge on any atom is 0.257 e. The molecule has 1 N–H and O–H groups in total. The number of carbonyl (C=O) groups is 1. The lowest BCUT2D eigenvalue weighted by Gasteiger charge is -2.18. The van der Waals surface area contributed by atoms with Crippen LogP contribution in [-0.2, 0) is 0 Å². The second-order valence-corrected chi connectivity index (χ2v) is 5.95. The summed E-state index contributed by atoms with van der Waals surface area (Å²) in [5.74, 6) is -0.0532. The van der Waals surface area contributed by atoms with Gasteiger partial charge in [0, 0.05) is 24.3 Å². The lowest BCUT2D eigenvalue weighted by atomic mass is 10.0. The van der Waals surface area contributed by atoms with Crippen molar-refractivity contribution in [1.82, 2.24) is 4.90 Å². The summed E-state index contributed by atoms with van der Waals surface area (Å²) in [5, 5.41) is 13.0. The van der Waals surface area contributed by atoms with Gasteiger partial charge in [-0.25, -0.2) is 0 Å². The third-order valence-corrected chi connectivity index (χ3v) is 4.17. The molecule has 0 aliphatic carbocycles. The van der Waals surface area contributed by atoms with E-state index in [1.165, 1.54) is 0 Å². The third-order valence-electron chi connectivity index (χ3n) is 3.60. The van der Waals surface area contributed by atoms with E-state index < -0.39 is 0 Å². The van der Waals surface area contributed by atoms with Crippen molar-refractivity contribution in [2.24, 2.45) is 0 Å². The number of nitrogens with zero attached hydrogens (tertiary/aromatic N) is 1. The van der Waals surface area contributed by atoms with Crippen molar-refractivity contribution in [2.75, 3.05) is 18.9 Å². The second-order valence-electron chi connectivity index (χ2n) is 5.16. The average molecular weight is 350 g/mol. The summed E-state index contributed by atoms with van der Waals surface area (Å²) in [4.78, 5) is 14.1. The van der Waals surface area contributed by atoms with Crippen molar-refractivity contribution in [3.63, 3.8) is 0 Å². The van der Waals surface area contributed by atoms with Crippen molar-refractivity contribution in [3.8, 4) is 5.75 Å². The topological polar surface area (TPSA) is 40.5 Å².